The summed E-state index contributed by atoms with van der Waals surface area (Å²) in [6, 6.07) is 0. The fraction of sp³-hybridized carbons (Fsp3) is 0.667. The summed E-state index contributed by atoms with van der Waals surface area (Å²) in [7, 11) is 0. The van der Waals surface area contributed by atoms with E-state index < -0.39 is 0 Å². The second-order valence-electron chi connectivity index (χ2n) is 2.51. The van der Waals surface area contributed by atoms with Gasteiger partial charge in [-0.15, -0.1) is 0 Å². The number of hydrogen-bond donors (Lipinski definition) is 0. The van der Waals surface area contributed by atoms with Crippen molar-refractivity contribution in [2.45, 2.75) is 39.5 Å². The first-order chi connectivity index (χ1) is 4.77. The number of unbranched alkanes of at least 4 members (excludes halogenated alkanes) is 3. The fourth-order valence-electron chi connectivity index (χ4n) is 0.761. The van der Waals surface area contributed by atoms with Gasteiger partial charge in [0, 0.05) is 29.6 Å². The Labute approximate surface area is 91.5 Å². The number of hydrogen-bond acceptors (Lipinski definition) is 1. The van der Waals surface area contributed by atoms with Gasteiger partial charge in [-0.1, -0.05) is 25.8 Å². The van der Waals surface area contributed by atoms with Crippen LogP contribution in [0.4, 0.5) is 0 Å². The van der Waals surface area contributed by atoms with Crippen LogP contribution >= 0.6 is 0 Å². The molecule has 0 rings (SSSR count). The molecule has 0 aliphatic heterocycles. The maximum Gasteiger partial charge on any atom is 0.152 e. The molecule has 1 nitrogen and oxygen atoms in total. The largest absolute Gasteiger partial charge is 0.295 e. The van der Waals surface area contributed by atoms with Gasteiger partial charge in [0.15, 0.2) is 5.78 Å². The second kappa shape index (κ2) is 10.4. The van der Waals surface area contributed by atoms with Crippen LogP contribution in [0.1, 0.15) is 39.5 Å². The average molecular weight is 163 g/mol. The zero-order chi connectivity index (χ0) is 7.82. The Morgan fingerprint density at radius 3 is 2.45 bits per heavy atom. The third-order valence-corrected chi connectivity index (χ3v) is 1.33. The Balaban J connectivity index is 0. The Morgan fingerprint density at radius 2 is 2.00 bits per heavy atom. The molecule has 0 aliphatic rings. The molecule has 0 fully saturated rings. The van der Waals surface area contributed by atoms with E-state index in [1.54, 1.807) is 13.0 Å². The molecule has 2 heteroatoms. The van der Waals surface area contributed by atoms with Crippen LogP contribution in [-0.4, -0.2) is 35.3 Å². The zero-order valence-electron chi connectivity index (χ0n) is 7.89. The van der Waals surface area contributed by atoms with Gasteiger partial charge in [-0.2, -0.15) is 0 Å². The van der Waals surface area contributed by atoms with E-state index in [9.17, 15) is 4.79 Å². The smallest absolute Gasteiger partial charge is 0.152 e. The first-order valence-corrected chi connectivity index (χ1v) is 3.94. The minimum Gasteiger partial charge on any atom is -0.295 e. The minimum absolute atomic E-state index is 0. The first-order valence-electron chi connectivity index (χ1n) is 3.94. The van der Waals surface area contributed by atoms with E-state index in [-0.39, 0.29) is 35.3 Å². The first kappa shape index (κ1) is 14.0. The van der Waals surface area contributed by atoms with E-state index in [1.807, 2.05) is 6.08 Å². The van der Waals surface area contributed by atoms with Crippen molar-refractivity contribution >= 4 is 35.3 Å². The zero-order valence-corrected chi connectivity index (χ0v) is 9.89. The number of rotatable bonds is 5. The van der Waals surface area contributed by atoms with Crippen molar-refractivity contribution in [2.24, 2.45) is 0 Å². The molecule has 0 aromatic heterocycles. The third kappa shape index (κ3) is 13.4. The third-order valence-electron chi connectivity index (χ3n) is 1.33. The molecule has 1 radical (unpaired) electrons. The van der Waals surface area contributed by atoms with Gasteiger partial charge in [0.1, 0.15) is 0 Å². The summed E-state index contributed by atoms with van der Waals surface area (Å²) < 4.78 is 0. The molecule has 0 atom stereocenters. The van der Waals surface area contributed by atoms with Gasteiger partial charge in [-0.3, -0.25) is 4.79 Å². The average Bonchev–Trinajstić information content (AvgIpc) is 1.87. The minimum atomic E-state index is 0. The van der Waals surface area contributed by atoms with Crippen LogP contribution in [0.25, 0.3) is 0 Å². The van der Waals surface area contributed by atoms with Crippen LogP contribution in [0.3, 0.4) is 0 Å². The topological polar surface area (TPSA) is 17.1 Å². The molecule has 0 unspecified atom stereocenters. The van der Waals surface area contributed by atoms with Gasteiger partial charge in [-0.05, 0) is 25.8 Å². The van der Waals surface area contributed by atoms with E-state index in [0.717, 1.165) is 6.42 Å². The molecule has 11 heavy (non-hydrogen) atoms. The van der Waals surface area contributed by atoms with E-state index in [1.165, 1.54) is 19.3 Å². The number of carbonyl (C=O) groups excluding carboxylic acids is 1. The predicted octanol–water partition coefficient (Wildman–Crippen LogP) is 2.33. The predicted molar refractivity (Wildman–Crippen MR) is 49.7 cm³/mol. The van der Waals surface area contributed by atoms with Gasteiger partial charge in [0.2, 0.25) is 0 Å². The van der Waals surface area contributed by atoms with Crippen molar-refractivity contribution in [1.29, 1.82) is 0 Å². The maximum absolute atomic E-state index is 10.4. The molecule has 0 aromatic carbocycles. The summed E-state index contributed by atoms with van der Waals surface area (Å²) in [5.41, 5.74) is 0. The van der Waals surface area contributed by atoms with Crippen LogP contribution in [0.5, 0.6) is 0 Å². The second-order valence-corrected chi connectivity index (χ2v) is 2.51. The molecule has 0 aliphatic carbocycles. The molecular weight excluding hydrogens is 147 g/mol. The summed E-state index contributed by atoms with van der Waals surface area (Å²) in [5.74, 6) is 0.150. The summed E-state index contributed by atoms with van der Waals surface area (Å²) in [6.45, 7) is 3.75. The van der Waals surface area contributed by atoms with Crippen molar-refractivity contribution in [3.8, 4) is 0 Å². The Bertz CT molecular complexity index is 119. The van der Waals surface area contributed by atoms with Crippen molar-refractivity contribution < 1.29 is 4.79 Å². The molecule has 0 aromatic rings. The normalized spacial score (nSPS) is 9.64. The molecule has 0 heterocycles. The maximum atomic E-state index is 10.4. The summed E-state index contributed by atoms with van der Waals surface area (Å²) in [4.78, 5) is 10.4. The van der Waals surface area contributed by atoms with Gasteiger partial charge < -0.3 is 0 Å². The van der Waals surface area contributed by atoms with Crippen molar-refractivity contribution in [1.82, 2.24) is 0 Å². The van der Waals surface area contributed by atoms with Crippen LogP contribution in [-0.2, 0) is 4.79 Å². The van der Waals surface area contributed by atoms with Crippen molar-refractivity contribution in [3.63, 3.8) is 0 Å². The van der Waals surface area contributed by atoms with Crippen molar-refractivity contribution in [2.75, 3.05) is 0 Å². The van der Waals surface area contributed by atoms with Gasteiger partial charge in [0.05, 0.1) is 0 Å². The van der Waals surface area contributed by atoms with E-state index in [4.69, 9.17) is 0 Å². The number of allylic oxidation sites excluding steroid dienone is 2. The van der Waals surface area contributed by atoms with Crippen LogP contribution < -0.4 is 0 Å². The van der Waals surface area contributed by atoms with Crippen LogP contribution in [0, 0.1) is 0 Å². The summed E-state index contributed by atoms with van der Waals surface area (Å²) in [5, 5.41) is 0. The molecule has 0 spiro atoms. The van der Waals surface area contributed by atoms with E-state index >= 15 is 0 Å². The molecule has 0 saturated heterocycles. The molecular formula is C9H16NaO. The van der Waals surface area contributed by atoms with Crippen LogP contribution in [0.15, 0.2) is 12.2 Å². The van der Waals surface area contributed by atoms with Crippen LogP contribution in [0.2, 0.25) is 0 Å². The summed E-state index contributed by atoms with van der Waals surface area (Å²) >= 11 is 0. The Hall–Kier alpha value is 0.410. The standard InChI is InChI=1S/C9H16O.Na/c1-3-4-5-6-7-8-9(2)10;/h7-8H,3-6H2,1-2H3;. The molecule has 0 saturated carbocycles. The molecule has 59 valence electrons. The quantitative estimate of drug-likeness (QED) is 0.345. The van der Waals surface area contributed by atoms with Gasteiger partial charge >= 0.3 is 0 Å². The van der Waals surface area contributed by atoms with Crippen molar-refractivity contribution in [3.05, 3.63) is 12.2 Å². The van der Waals surface area contributed by atoms with Gasteiger partial charge in [0.25, 0.3) is 0 Å². The monoisotopic (exact) mass is 163 g/mol. The SMILES string of the molecule is CCCCCC=CC(C)=O.[Na]. The Morgan fingerprint density at radius 1 is 1.36 bits per heavy atom. The van der Waals surface area contributed by atoms with Gasteiger partial charge in [-0.25, -0.2) is 0 Å². The number of ketones is 1. The Kier molecular flexibility index (Phi) is 13.2. The van der Waals surface area contributed by atoms with E-state index in [2.05, 4.69) is 6.92 Å². The number of carbonyl (C=O) groups is 1. The molecule has 0 amide bonds. The van der Waals surface area contributed by atoms with E-state index in [0.29, 0.717) is 0 Å². The molecule has 0 N–H and O–H groups in total. The molecule has 0 bridgehead atoms. The fourth-order valence-corrected chi connectivity index (χ4v) is 0.761. The summed E-state index contributed by atoms with van der Waals surface area (Å²) in [6.07, 6.45) is 8.37.